The van der Waals surface area contributed by atoms with E-state index in [2.05, 4.69) is 46.0 Å². The molecule has 0 aromatic heterocycles. The van der Waals surface area contributed by atoms with Crippen molar-refractivity contribution in [2.45, 2.75) is 52.1 Å². The Balaban J connectivity index is 2.72. The van der Waals surface area contributed by atoms with Gasteiger partial charge in [-0.1, -0.05) is 52.8 Å². The largest absolute Gasteiger partial charge is 0.492 e. The Morgan fingerprint density at radius 1 is 1.21 bits per heavy atom. The fraction of sp³-hybridized carbons (Fsp3) is 0.625. The van der Waals surface area contributed by atoms with Crippen LogP contribution in [0.15, 0.2) is 24.3 Å². The van der Waals surface area contributed by atoms with Crippen LogP contribution in [0.5, 0.6) is 5.75 Å². The fourth-order valence-corrected chi connectivity index (χ4v) is 2.03. The maximum atomic E-state index is 9.34. The summed E-state index contributed by atoms with van der Waals surface area (Å²) in [7, 11) is 0. The normalized spacial score (nSPS) is 13.6. The number of hydrogen-bond acceptors (Lipinski definition) is 3. The van der Waals surface area contributed by atoms with Crippen molar-refractivity contribution in [3.63, 3.8) is 0 Å². The number of aliphatic hydroxyl groups excluding tert-OH is 1. The first-order chi connectivity index (χ1) is 8.84. The van der Waals surface area contributed by atoms with E-state index in [4.69, 9.17) is 4.74 Å². The molecule has 1 aromatic carbocycles. The van der Waals surface area contributed by atoms with Crippen molar-refractivity contribution in [1.82, 2.24) is 5.32 Å². The summed E-state index contributed by atoms with van der Waals surface area (Å²) in [5.41, 5.74) is 1.24. The second-order valence-electron chi connectivity index (χ2n) is 6.26. The number of nitrogens with one attached hydrogen (secondary N) is 1. The third-order valence-corrected chi connectivity index (χ3v) is 2.92. The summed E-state index contributed by atoms with van der Waals surface area (Å²) >= 11 is 0. The Bertz CT molecular complexity index is 383. The molecule has 0 saturated carbocycles. The summed E-state index contributed by atoms with van der Waals surface area (Å²) in [4.78, 5) is 0. The van der Waals surface area contributed by atoms with Crippen LogP contribution in [0.4, 0.5) is 0 Å². The summed E-state index contributed by atoms with van der Waals surface area (Å²) in [5, 5.41) is 12.6. The first-order valence-electron chi connectivity index (χ1n) is 6.93. The molecule has 3 nitrogen and oxygen atoms in total. The topological polar surface area (TPSA) is 41.5 Å². The Morgan fingerprint density at radius 3 is 2.37 bits per heavy atom. The highest BCUT2D eigenvalue weighted by Gasteiger charge is 2.19. The zero-order chi connectivity index (χ0) is 14.5. The molecule has 0 fully saturated rings. The quantitative estimate of drug-likeness (QED) is 0.831. The van der Waals surface area contributed by atoms with Gasteiger partial charge in [0.2, 0.25) is 0 Å². The third kappa shape index (κ3) is 5.21. The molecule has 108 valence electrons. The van der Waals surface area contributed by atoms with Gasteiger partial charge in [-0.15, -0.1) is 0 Å². The van der Waals surface area contributed by atoms with Crippen molar-refractivity contribution in [3.05, 3.63) is 29.8 Å². The highest BCUT2D eigenvalue weighted by Crippen LogP contribution is 2.30. The lowest BCUT2D eigenvalue weighted by atomic mass is 9.86. The molecule has 2 N–H and O–H groups in total. The predicted molar refractivity (Wildman–Crippen MR) is 79.8 cm³/mol. The first-order valence-corrected chi connectivity index (χ1v) is 6.93. The zero-order valence-corrected chi connectivity index (χ0v) is 12.7. The van der Waals surface area contributed by atoms with E-state index in [-0.39, 0.29) is 18.1 Å². The Kier molecular flexibility index (Phi) is 5.83. The minimum atomic E-state index is -0.0342. The third-order valence-electron chi connectivity index (χ3n) is 2.92. The number of para-hydroxylation sites is 1. The molecule has 1 rings (SSSR count). The van der Waals surface area contributed by atoms with Gasteiger partial charge in [0.15, 0.2) is 0 Å². The summed E-state index contributed by atoms with van der Waals surface area (Å²) in [6, 6.07) is 8.40. The molecule has 19 heavy (non-hydrogen) atoms. The molecule has 1 unspecified atom stereocenters. The number of hydrogen-bond donors (Lipinski definition) is 2. The number of ether oxygens (including phenoxy) is 1. The van der Waals surface area contributed by atoms with Gasteiger partial charge in [0.1, 0.15) is 12.4 Å². The van der Waals surface area contributed by atoms with Crippen LogP contribution < -0.4 is 10.1 Å². The van der Waals surface area contributed by atoms with Crippen molar-refractivity contribution in [1.29, 1.82) is 0 Å². The standard InChI is InChI=1S/C16H27NO2/c1-12(2)17-13(10-18)11-19-15-9-7-6-8-14(15)16(3,4)5/h6-9,12-13,17-18H,10-11H2,1-5H3. The van der Waals surface area contributed by atoms with E-state index < -0.39 is 0 Å². The average molecular weight is 265 g/mol. The monoisotopic (exact) mass is 265 g/mol. The molecule has 0 aliphatic rings. The van der Waals surface area contributed by atoms with Gasteiger partial charge in [-0.05, 0) is 17.0 Å². The lowest BCUT2D eigenvalue weighted by Crippen LogP contribution is -2.41. The van der Waals surface area contributed by atoms with Crippen molar-refractivity contribution in [2.24, 2.45) is 0 Å². The highest BCUT2D eigenvalue weighted by atomic mass is 16.5. The van der Waals surface area contributed by atoms with Gasteiger partial charge >= 0.3 is 0 Å². The van der Waals surface area contributed by atoms with Crippen molar-refractivity contribution in [2.75, 3.05) is 13.2 Å². The smallest absolute Gasteiger partial charge is 0.123 e. The van der Waals surface area contributed by atoms with E-state index in [0.717, 1.165) is 5.75 Å². The molecule has 3 heteroatoms. The van der Waals surface area contributed by atoms with E-state index in [9.17, 15) is 5.11 Å². The molecule has 0 bridgehead atoms. The minimum Gasteiger partial charge on any atom is -0.492 e. The number of benzene rings is 1. The van der Waals surface area contributed by atoms with Gasteiger partial charge in [-0.2, -0.15) is 0 Å². The molecule has 0 heterocycles. The van der Waals surface area contributed by atoms with Crippen LogP contribution in [-0.2, 0) is 5.41 Å². The van der Waals surface area contributed by atoms with Crippen LogP contribution >= 0.6 is 0 Å². The molecule has 0 aliphatic carbocycles. The maximum Gasteiger partial charge on any atom is 0.123 e. The second-order valence-corrected chi connectivity index (χ2v) is 6.26. The SMILES string of the molecule is CC(C)NC(CO)COc1ccccc1C(C)(C)C. The predicted octanol–water partition coefficient (Wildman–Crippen LogP) is 2.72. The van der Waals surface area contributed by atoms with E-state index in [0.29, 0.717) is 12.6 Å². The van der Waals surface area contributed by atoms with Crippen LogP contribution in [0.25, 0.3) is 0 Å². The van der Waals surface area contributed by atoms with Gasteiger partial charge in [0.25, 0.3) is 0 Å². The zero-order valence-electron chi connectivity index (χ0n) is 12.7. The molecule has 0 spiro atoms. The van der Waals surface area contributed by atoms with Crippen LogP contribution in [-0.4, -0.2) is 30.4 Å². The molecule has 1 aromatic rings. The summed E-state index contributed by atoms with van der Waals surface area (Å²) in [6.07, 6.45) is 0. The van der Waals surface area contributed by atoms with Crippen LogP contribution in [0, 0.1) is 0 Å². The lowest BCUT2D eigenvalue weighted by Gasteiger charge is -2.25. The minimum absolute atomic E-state index is 0.0342. The van der Waals surface area contributed by atoms with E-state index in [1.165, 1.54) is 5.56 Å². The molecule has 0 amide bonds. The van der Waals surface area contributed by atoms with Crippen molar-refractivity contribution < 1.29 is 9.84 Å². The molecular weight excluding hydrogens is 238 g/mol. The van der Waals surface area contributed by atoms with Crippen LogP contribution in [0.3, 0.4) is 0 Å². The molecular formula is C16H27NO2. The Labute approximate surface area is 117 Å². The first kappa shape index (κ1) is 16.0. The second kappa shape index (κ2) is 6.92. The van der Waals surface area contributed by atoms with E-state index in [1.807, 2.05) is 18.2 Å². The van der Waals surface area contributed by atoms with Crippen molar-refractivity contribution >= 4 is 0 Å². The van der Waals surface area contributed by atoms with Gasteiger partial charge in [0.05, 0.1) is 12.6 Å². The number of aliphatic hydroxyl groups is 1. The molecule has 0 radical (unpaired) electrons. The Morgan fingerprint density at radius 2 is 1.84 bits per heavy atom. The van der Waals surface area contributed by atoms with Crippen LogP contribution in [0.2, 0.25) is 0 Å². The molecule has 0 saturated heterocycles. The number of rotatable bonds is 6. The summed E-state index contributed by atoms with van der Waals surface area (Å²) < 4.78 is 5.90. The summed E-state index contributed by atoms with van der Waals surface area (Å²) in [5.74, 6) is 0.902. The van der Waals surface area contributed by atoms with Gasteiger partial charge in [-0.25, -0.2) is 0 Å². The average Bonchev–Trinajstić information content (AvgIpc) is 2.33. The van der Waals surface area contributed by atoms with Gasteiger partial charge < -0.3 is 15.2 Å². The molecule has 1 atom stereocenters. The van der Waals surface area contributed by atoms with Gasteiger partial charge in [-0.3, -0.25) is 0 Å². The van der Waals surface area contributed by atoms with Gasteiger partial charge in [0, 0.05) is 6.04 Å². The fourth-order valence-electron chi connectivity index (χ4n) is 2.03. The summed E-state index contributed by atoms with van der Waals surface area (Å²) in [6.45, 7) is 11.2. The van der Waals surface area contributed by atoms with E-state index >= 15 is 0 Å². The maximum absolute atomic E-state index is 9.34. The van der Waals surface area contributed by atoms with Crippen LogP contribution in [0.1, 0.15) is 40.2 Å². The van der Waals surface area contributed by atoms with Crippen molar-refractivity contribution in [3.8, 4) is 5.75 Å². The Hall–Kier alpha value is -1.06. The van der Waals surface area contributed by atoms with E-state index in [1.54, 1.807) is 0 Å². The lowest BCUT2D eigenvalue weighted by molar-refractivity contribution is 0.175. The highest BCUT2D eigenvalue weighted by molar-refractivity contribution is 5.38. The molecule has 0 aliphatic heterocycles.